The third kappa shape index (κ3) is 4.86. The van der Waals surface area contributed by atoms with Gasteiger partial charge in [0, 0.05) is 28.9 Å². The average molecular weight is 371 g/mol. The van der Waals surface area contributed by atoms with E-state index in [9.17, 15) is 4.79 Å². The summed E-state index contributed by atoms with van der Waals surface area (Å²) < 4.78 is 0. The van der Waals surface area contributed by atoms with Gasteiger partial charge in [0.2, 0.25) is 0 Å². The number of nitrogen functional groups attached to an aromatic ring is 1. The SMILES string of the molecule is Cc1cc(CCCNc2ccc(C(=N)N)cc2)ccc1C(=O)c1ccccc1. The van der Waals surface area contributed by atoms with E-state index in [1.165, 1.54) is 5.56 Å². The van der Waals surface area contributed by atoms with Crippen LogP contribution in [0.15, 0.2) is 72.8 Å². The van der Waals surface area contributed by atoms with Crippen molar-refractivity contribution in [3.8, 4) is 0 Å². The van der Waals surface area contributed by atoms with Crippen LogP contribution in [0.2, 0.25) is 0 Å². The second-order valence-electron chi connectivity index (χ2n) is 6.87. The summed E-state index contributed by atoms with van der Waals surface area (Å²) in [5, 5.41) is 10.8. The number of anilines is 1. The number of nitrogens with one attached hydrogen (secondary N) is 2. The molecule has 28 heavy (non-hydrogen) atoms. The zero-order valence-electron chi connectivity index (χ0n) is 16.0. The summed E-state index contributed by atoms with van der Waals surface area (Å²) in [6.45, 7) is 2.84. The largest absolute Gasteiger partial charge is 0.385 e. The van der Waals surface area contributed by atoms with E-state index in [0.29, 0.717) is 0 Å². The van der Waals surface area contributed by atoms with Crippen LogP contribution in [0.1, 0.15) is 39.0 Å². The molecule has 0 unspecified atom stereocenters. The fourth-order valence-corrected chi connectivity index (χ4v) is 3.17. The number of carbonyl (C=O) groups excluding carboxylic acids is 1. The molecule has 3 rings (SSSR count). The van der Waals surface area contributed by atoms with E-state index in [4.69, 9.17) is 11.1 Å². The van der Waals surface area contributed by atoms with Crippen LogP contribution < -0.4 is 11.1 Å². The lowest BCUT2D eigenvalue weighted by Gasteiger charge is -2.10. The molecule has 0 heterocycles. The molecule has 0 fully saturated rings. The highest BCUT2D eigenvalue weighted by Gasteiger charge is 2.11. The van der Waals surface area contributed by atoms with E-state index < -0.39 is 0 Å². The van der Waals surface area contributed by atoms with Gasteiger partial charge in [0.1, 0.15) is 5.84 Å². The average Bonchev–Trinajstić information content (AvgIpc) is 2.72. The molecule has 0 aliphatic carbocycles. The standard InChI is InChI=1S/C24H25N3O/c1-17-16-18(9-14-22(17)23(28)19-7-3-2-4-8-19)6-5-15-27-21-12-10-20(11-13-21)24(25)26/h2-4,7-14,16,27H,5-6,15H2,1H3,(H3,25,26). The number of hydrogen-bond donors (Lipinski definition) is 3. The maximum absolute atomic E-state index is 12.6. The van der Waals surface area contributed by atoms with Crippen LogP contribution in [0.5, 0.6) is 0 Å². The summed E-state index contributed by atoms with van der Waals surface area (Å²) in [7, 11) is 0. The van der Waals surface area contributed by atoms with Crippen molar-refractivity contribution in [2.45, 2.75) is 19.8 Å². The fraction of sp³-hybridized carbons (Fsp3) is 0.167. The van der Waals surface area contributed by atoms with Crippen molar-refractivity contribution in [3.63, 3.8) is 0 Å². The topological polar surface area (TPSA) is 79.0 Å². The number of rotatable bonds is 8. The summed E-state index contributed by atoms with van der Waals surface area (Å²) in [5.41, 5.74) is 10.9. The van der Waals surface area contributed by atoms with Crippen molar-refractivity contribution in [3.05, 3.63) is 101 Å². The molecule has 4 heteroatoms. The minimum atomic E-state index is 0.0697. The first kappa shape index (κ1) is 19.4. The number of carbonyl (C=O) groups is 1. The van der Waals surface area contributed by atoms with Crippen LogP contribution in [0.25, 0.3) is 0 Å². The molecule has 0 atom stereocenters. The maximum Gasteiger partial charge on any atom is 0.193 e. The molecule has 4 N–H and O–H groups in total. The molecule has 3 aromatic carbocycles. The number of aryl methyl sites for hydroxylation is 2. The Bertz CT molecular complexity index is 963. The number of amidine groups is 1. The van der Waals surface area contributed by atoms with Crippen LogP contribution in [0, 0.1) is 12.3 Å². The van der Waals surface area contributed by atoms with Crippen molar-refractivity contribution in [1.82, 2.24) is 0 Å². The lowest BCUT2D eigenvalue weighted by atomic mass is 9.96. The fourth-order valence-electron chi connectivity index (χ4n) is 3.17. The van der Waals surface area contributed by atoms with Gasteiger partial charge in [-0.1, -0.05) is 48.5 Å². The zero-order valence-corrected chi connectivity index (χ0v) is 16.0. The molecule has 3 aromatic rings. The number of hydrogen-bond acceptors (Lipinski definition) is 3. The Morgan fingerprint density at radius 3 is 2.32 bits per heavy atom. The van der Waals surface area contributed by atoms with E-state index in [1.807, 2.05) is 73.7 Å². The van der Waals surface area contributed by atoms with Gasteiger partial charge in [0.25, 0.3) is 0 Å². The molecule has 0 amide bonds. The lowest BCUT2D eigenvalue weighted by molar-refractivity contribution is 0.103. The van der Waals surface area contributed by atoms with Gasteiger partial charge in [0.15, 0.2) is 5.78 Å². The highest BCUT2D eigenvalue weighted by molar-refractivity contribution is 6.09. The number of ketones is 1. The summed E-state index contributed by atoms with van der Waals surface area (Å²) in [5.74, 6) is 0.149. The van der Waals surface area contributed by atoms with E-state index in [0.717, 1.165) is 47.3 Å². The summed E-state index contributed by atoms with van der Waals surface area (Å²) in [4.78, 5) is 12.6. The third-order valence-electron chi connectivity index (χ3n) is 4.74. The zero-order chi connectivity index (χ0) is 19.9. The summed E-state index contributed by atoms with van der Waals surface area (Å²) in [6, 6.07) is 23.0. The number of nitrogens with two attached hydrogens (primary N) is 1. The van der Waals surface area contributed by atoms with Gasteiger partial charge in [-0.2, -0.15) is 0 Å². The molecule has 142 valence electrons. The molecule has 0 aliphatic rings. The van der Waals surface area contributed by atoms with Crippen molar-refractivity contribution < 1.29 is 4.79 Å². The van der Waals surface area contributed by atoms with Crippen molar-refractivity contribution in [2.75, 3.05) is 11.9 Å². The van der Waals surface area contributed by atoms with Crippen molar-refractivity contribution in [2.24, 2.45) is 5.73 Å². The second kappa shape index (κ2) is 9.00. The number of benzene rings is 3. The minimum absolute atomic E-state index is 0.0697. The van der Waals surface area contributed by atoms with Crippen molar-refractivity contribution in [1.29, 1.82) is 5.41 Å². The van der Waals surface area contributed by atoms with Gasteiger partial charge >= 0.3 is 0 Å². The molecule has 0 aromatic heterocycles. The summed E-state index contributed by atoms with van der Waals surface area (Å²) in [6.07, 6.45) is 1.93. The maximum atomic E-state index is 12.6. The van der Waals surface area contributed by atoms with Crippen molar-refractivity contribution >= 4 is 17.3 Å². The quantitative estimate of drug-likeness (QED) is 0.235. The van der Waals surface area contributed by atoms with Gasteiger partial charge in [0.05, 0.1) is 0 Å². The Kier molecular flexibility index (Phi) is 6.22. The Morgan fingerprint density at radius 1 is 0.964 bits per heavy atom. The summed E-state index contributed by atoms with van der Waals surface area (Å²) >= 11 is 0. The predicted molar refractivity (Wildman–Crippen MR) is 115 cm³/mol. The lowest BCUT2D eigenvalue weighted by Crippen LogP contribution is -2.11. The highest BCUT2D eigenvalue weighted by Crippen LogP contribution is 2.17. The van der Waals surface area contributed by atoms with Gasteiger partial charge in [-0.3, -0.25) is 10.2 Å². The molecule has 0 spiro atoms. The first-order valence-corrected chi connectivity index (χ1v) is 9.42. The van der Waals surface area contributed by atoms with Crippen LogP contribution in [0.4, 0.5) is 5.69 Å². The Balaban J connectivity index is 1.53. The molecule has 0 saturated carbocycles. The molecule has 0 saturated heterocycles. The molecule has 0 radical (unpaired) electrons. The van der Waals surface area contributed by atoms with Gasteiger partial charge in [-0.15, -0.1) is 0 Å². The minimum Gasteiger partial charge on any atom is -0.385 e. The first-order valence-electron chi connectivity index (χ1n) is 9.42. The molecule has 4 nitrogen and oxygen atoms in total. The Hall–Kier alpha value is -3.40. The van der Waals surface area contributed by atoms with E-state index in [-0.39, 0.29) is 11.6 Å². The highest BCUT2D eigenvalue weighted by atomic mass is 16.1. The van der Waals surface area contributed by atoms with Gasteiger partial charge < -0.3 is 11.1 Å². The Morgan fingerprint density at radius 2 is 1.68 bits per heavy atom. The van der Waals surface area contributed by atoms with Crippen LogP contribution in [0.3, 0.4) is 0 Å². The van der Waals surface area contributed by atoms with E-state index >= 15 is 0 Å². The van der Waals surface area contributed by atoms with E-state index in [1.54, 1.807) is 0 Å². The monoisotopic (exact) mass is 371 g/mol. The van der Waals surface area contributed by atoms with Crippen LogP contribution >= 0.6 is 0 Å². The molecule has 0 bridgehead atoms. The second-order valence-corrected chi connectivity index (χ2v) is 6.87. The molecule has 0 aliphatic heterocycles. The normalized spacial score (nSPS) is 10.5. The molecular weight excluding hydrogens is 346 g/mol. The van der Waals surface area contributed by atoms with Crippen LogP contribution in [-0.2, 0) is 6.42 Å². The first-order chi connectivity index (χ1) is 13.5. The third-order valence-corrected chi connectivity index (χ3v) is 4.74. The smallest absolute Gasteiger partial charge is 0.193 e. The van der Waals surface area contributed by atoms with E-state index in [2.05, 4.69) is 11.4 Å². The Labute approximate surface area is 165 Å². The van der Waals surface area contributed by atoms with Gasteiger partial charge in [-0.05, 0) is 55.2 Å². The van der Waals surface area contributed by atoms with Gasteiger partial charge in [-0.25, -0.2) is 0 Å². The predicted octanol–water partition coefficient (Wildman–Crippen LogP) is 4.55. The molecular formula is C24H25N3O. The van der Waals surface area contributed by atoms with Crippen LogP contribution in [-0.4, -0.2) is 18.2 Å².